The molecule has 0 aromatic heterocycles. The number of allylic oxidation sites excluding steroid dienone is 1. The third kappa shape index (κ3) is 4.27. The Kier molecular flexibility index (Phi) is 4.82. The molecular formula is C13H13NO5. The lowest BCUT2D eigenvalue weighted by molar-refractivity contribution is -0.422. The largest absolute Gasteiger partial charge is 0.490 e. The highest BCUT2D eigenvalue weighted by Gasteiger charge is 2.09. The van der Waals surface area contributed by atoms with Crippen molar-refractivity contribution >= 4 is 12.0 Å². The Labute approximate surface area is 109 Å². The number of hydrogen-bond acceptors (Lipinski definition) is 4. The lowest BCUT2D eigenvalue weighted by Crippen LogP contribution is -2.00. The lowest BCUT2D eigenvalue weighted by Gasteiger charge is -2.06. The van der Waals surface area contributed by atoms with E-state index in [0.717, 1.165) is 0 Å². The highest BCUT2D eigenvalue weighted by atomic mass is 16.6. The maximum absolute atomic E-state index is 11.0. The molecule has 19 heavy (non-hydrogen) atoms. The van der Waals surface area contributed by atoms with Crippen LogP contribution in [0.5, 0.6) is 5.75 Å². The predicted octanol–water partition coefficient (Wildman–Crippen LogP) is 2.59. The van der Waals surface area contributed by atoms with E-state index >= 15 is 0 Å². The van der Waals surface area contributed by atoms with E-state index in [-0.39, 0.29) is 17.9 Å². The molecule has 0 fully saturated rings. The van der Waals surface area contributed by atoms with Gasteiger partial charge in [-0.2, -0.15) is 0 Å². The van der Waals surface area contributed by atoms with Crippen molar-refractivity contribution in [2.75, 3.05) is 6.61 Å². The maximum atomic E-state index is 11.0. The van der Waals surface area contributed by atoms with Crippen LogP contribution in [0, 0.1) is 10.1 Å². The predicted molar refractivity (Wildman–Crippen MR) is 69.7 cm³/mol. The normalized spacial score (nSPS) is 10.9. The van der Waals surface area contributed by atoms with Gasteiger partial charge in [0.25, 0.3) is 0 Å². The summed E-state index contributed by atoms with van der Waals surface area (Å²) in [7, 11) is 0. The summed E-state index contributed by atoms with van der Waals surface area (Å²) in [5, 5.41) is 19.5. The van der Waals surface area contributed by atoms with Gasteiger partial charge in [-0.15, -0.1) is 0 Å². The minimum Gasteiger partial charge on any atom is -0.490 e. The molecule has 0 atom stereocenters. The number of nitrogens with zero attached hydrogens (tertiary/aromatic N) is 1. The number of nitro groups is 1. The van der Waals surface area contributed by atoms with Gasteiger partial charge < -0.3 is 9.84 Å². The molecule has 1 aromatic carbocycles. The van der Waals surface area contributed by atoms with Gasteiger partial charge in [-0.25, -0.2) is 4.79 Å². The minimum absolute atomic E-state index is 0.00367. The molecule has 0 spiro atoms. The first kappa shape index (κ1) is 14.4. The first-order valence-electron chi connectivity index (χ1n) is 5.39. The second-order valence-electron chi connectivity index (χ2n) is 3.74. The third-order valence-electron chi connectivity index (χ3n) is 2.21. The number of carbonyl (C=O) groups is 1. The van der Waals surface area contributed by atoms with Crippen LogP contribution in [-0.4, -0.2) is 22.6 Å². The Morgan fingerprint density at radius 1 is 1.53 bits per heavy atom. The summed E-state index contributed by atoms with van der Waals surface area (Å²) in [4.78, 5) is 21.0. The Bertz CT molecular complexity index is 548. The molecule has 0 amide bonds. The van der Waals surface area contributed by atoms with Gasteiger partial charge in [0.1, 0.15) is 12.4 Å². The minimum atomic E-state index is -1.13. The Balaban J connectivity index is 3.19. The van der Waals surface area contributed by atoms with Gasteiger partial charge in [0.15, 0.2) is 0 Å². The van der Waals surface area contributed by atoms with E-state index in [2.05, 4.69) is 6.58 Å². The fraction of sp³-hybridized carbons (Fsp3) is 0.154. The first-order chi connectivity index (χ1) is 8.93. The zero-order valence-corrected chi connectivity index (χ0v) is 10.3. The summed E-state index contributed by atoms with van der Waals surface area (Å²) in [5.41, 5.74) is 0.314. The van der Waals surface area contributed by atoms with Crippen molar-refractivity contribution < 1.29 is 19.6 Å². The van der Waals surface area contributed by atoms with Crippen LogP contribution in [-0.2, 0) is 0 Å². The summed E-state index contributed by atoms with van der Waals surface area (Å²) in [6.45, 7) is 5.04. The molecule has 0 bridgehead atoms. The average Bonchev–Trinajstić information content (AvgIpc) is 2.35. The summed E-state index contributed by atoms with van der Waals surface area (Å²) in [6.07, 6.45) is 2.80. The Morgan fingerprint density at radius 3 is 2.74 bits per heavy atom. The molecule has 0 radical (unpaired) electrons. The van der Waals surface area contributed by atoms with Crippen LogP contribution in [0.1, 0.15) is 22.8 Å². The third-order valence-corrected chi connectivity index (χ3v) is 2.21. The van der Waals surface area contributed by atoms with E-state index in [0.29, 0.717) is 11.3 Å². The molecule has 0 aliphatic rings. The fourth-order valence-corrected chi connectivity index (χ4v) is 1.36. The molecule has 0 saturated heterocycles. The number of carboxylic acids is 1. The Morgan fingerprint density at radius 2 is 2.21 bits per heavy atom. The summed E-state index contributed by atoms with van der Waals surface area (Å²) >= 11 is 0. The van der Waals surface area contributed by atoms with Gasteiger partial charge in [-0.05, 0) is 23.8 Å². The highest BCUT2D eigenvalue weighted by Crippen LogP contribution is 2.20. The molecule has 1 rings (SSSR count). The highest BCUT2D eigenvalue weighted by molar-refractivity contribution is 5.89. The number of ether oxygens (including phenoxy) is 1. The summed E-state index contributed by atoms with van der Waals surface area (Å²) < 4.78 is 5.25. The molecule has 0 aliphatic heterocycles. The molecule has 0 heterocycles. The van der Waals surface area contributed by atoms with E-state index < -0.39 is 10.9 Å². The van der Waals surface area contributed by atoms with Crippen LogP contribution >= 0.6 is 0 Å². The van der Waals surface area contributed by atoms with E-state index in [1.165, 1.54) is 37.3 Å². The number of benzene rings is 1. The summed E-state index contributed by atoms with van der Waals surface area (Å²) in [6, 6.07) is 4.23. The first-order valence-corrected chi connectivity index (χ1v) is 5.39. The molecule has 1 aromatic rings. The lowest BCUT2D eigenvalue weighted by atomic mass is 10.1. The van der Waals surface area contributed by atoms with E-state index in [1.54, 1.807) is 0 Å². The fourth-order valence-electron chi connectivity index (χ4n) is 1.36. The average molecular weight is 263 g/mol. The van der Waals surface area contributed by atoms with Crippen molar-refractivity contribution in [2.45, 2.75) is 6.92 Å². The van der Waals surface area contributed by atoms with Crippen molar-refractivity contribution in [3.8, 4) is 5.75 Å². The molecule has 0 saturated carbocycles. The monoisotopic (exact) mass is 263 g/mol. The molecule has 6 heteroatoms. The zero-order valence-electron chi connectivity index (χ0n) is 10.3. The van der Waals surface area contributed by atoms with Gasteiger partial charge in [-0.1, -0.05) is 12.7 Å². The van der Waals surface area contributed by atoms with Crippen LogP contribution in [0.25, 0.3) is 6.08 Å². The summed E-state index contributed by atoms with van der Waals surface area (Å²) in [5.74, 6) is -0.806. The Hall–Kier alpha value is -2.63. The number of hydrogen-bond donors (Lipinski definition) is 1. The van der Waals surface area contributed by atoms with Gasteiger partial charge in [0, 0.05) is 13.0 Å². The molecule has 0 aliphatic carbocycles. The quantitative estimate of drug-likeness (QED) is 0.484. The van der Waals surface area contributed by atoms with Gasteiger partial charge in [0.05, 0.1) is 10.5 Å². The van der Waals surface area contributed by atoms with Crippen molar-refractivity contribution in [1.29, 1.82) is 0 Å². The van der Waals surface area contributed by atoms with Crippen LogP contribution in [0.3, 0.4) is 0 Å². The van der Waals surface area contributed by atoms with Gasteiger partial charge in [-0.3, -0.25) is 10.1 Å². The van der Waals surface area contributed by atoms with Crippen molar-refractivity contribution in [2.24, 2.45) is 0 Å². The molecule has 1 N–H and O–H groups in total. The van der Waals surface area contributed by atoms with E-state index in [9.17, 15) is 14.9 Å². The molecule has 100 valence electrons. The maximum Gasteiger partial charge on any atom is 0.335 e. The topological polar surface area (TPSA) is 89.7 Å². The smallest absolute Gasteiger partial charge is 0.335 e. The molecule has 6 nitrogen and oxygen atoms in total. The SMILES string of the molecule is C=CCOc1cc(C=C(C)[N+](=O)[O-])cc(C(=O)O)c1. The molecular weight excluding hydrogens is 250 g/mol. The van der Waals surface area contributed by atoms with Gasteiger partial charge >= 0.3 is 5.97 Å². The second kappa shape index (κ2) is 6.34. The standard InChI is InChI=1S/C13H13NO5/c1-3-4-19-12-7-10(5-9(2)14(17)18)6-11(8-12)13(15)16/h3,5-8H,1,4H2,2H3,(H,15,16). The van der Waals surface area contributed by atoms with Crippen molar-refractivity contribution in [3.63, 3.8) is 0 Å². The van der Waals surface area contributed by atoms with Gasteiger partial charge in [0.2, 0.25) is 5.70 Å². The zero-order chi connectivity index (χ0) is 14.4. The van der Waals surface area contributed by atoms with E-state index in [4.69, 9.17) is 9.84 Å². The van der Waals surface area contributed by atoms with Crippen molar-refractivity contribution in [1.82, 2.24) is 0 Å². The van der Waals surface area contributed by atoms with Crippen molar-refractivity contribution in [3.05, 3.63) is 57.8 Å². The molecule has 0 unspecified atom stereocenters. The number of rotatable bonds is 6. The van der Waals surface area contributed by atoms with E-state index in [1.807, 2.05) is 0 Å². The number of aromatic carboxylic acids is 1. The van der Waals surface area contributed by atoms with Crippen LogP contribution in [0.4, 0.5) is 0 Å². The van der Waals surface area contributed by atoms with Crippen LogP contribution < -0.4 is 4.74 Å². The van der Waals surface area contributed by atoms with Crippen LogP contribution in [0.15, 0.2) is 36.6 Å². The number of carboxylic acid groups (broad SMARTS) is 1. The second-order valence-corrected chi connectivity index (χ2v) is 3.74. The van der Waals surface area contributed by atoms with Crippen LogP contribution in [0.2, 0.25) is 0 Å².